The third kappa shape index (κ3) is 90.5. The molecule has 0 aromatic carbocycles. The van der Waals surface area contributed by atoms with Crippen molar-refractivity contribution in [2.24, 2.45) is 11.8 Å². The van der Waals surface area contributed by atoms with Crippen LogP contribution in [0.15, 0.2) is 24.3 Å². The molecule has 2 atom stereocenters. The average molecular weight is 1440 g/mol. The molecule has 0 N–H and O–H groups in total. The molecule has 9 heteroatoms. The molecule has 55 heavy (non-hydrogen) atoms. The summed E-state index contributed by atoms with van der Waals surface area (Å²) in [6.45, 7) is 43.3. The topological polar surface area (TPSA) is 0 Å². The van der Waals surface area contributed by atoms with Crippen LogP contribution >= 0.6 is 0 Å². The van der Waals surface area contributed by atoms with Crippen LogP contribution in [0.25, 0.3) is 0 Å². The molecule has 0 saturated heterocycles. The van der Waals surface area contributed by atoms with Crippen molar-refractivity contribution in [3.63, 3.8) is 0 Å². The van der Waals surface area contributed by atoms with Gasteiger partial charge in [0.2, 0.25) is 0 Å². The average Bonchev–Trinajstić information content (AvgIpc) is 2.89. The Balaban J connectivity index is -0.0000000375. The molecule has 0 heterocycles. The van der Waals surface area contributed by atoms with Gasteiger partial charge in [0.1, 0.15) is 0 Å². The molecular formula is C46H87Y9-9. The van der Waals surface area contributed by atoms with Gasteiger partial charge in [0.15, 0.2) is 0 Å². The molecule has 0 saturated carbocycles. The van der Waals surface area contributed by atoms with Crippen molar-refractivity contribution in [2.75, 3.05) is 0 Å². The summed E-state index contributed by atoms with van der Waals surface area (Å²) in [6, 6.07) is 0. The number of rotatable bonds is 24. The standard InChI is InChI=1S/2C14H27.C9H17.C9H16.9Y/c2*1-6-8-12(3)10-14(5)11-13(4)9-7-2;2*1-5-6-9(4)7-8(2)3;;;;;;;;;/h2*6,14H,7-11H2,1-5H3;2,5-7H2,1,3-4H3;5H,2,6-7H2,1,3-4H3;;;;;;;;;/q2*-3;-1;-2;;;;;;;;;. The minimum atomic E-state index is 0. The van der Waals surface area contributed by atoms with Crippen molar-refractivity contribution in [1.29, 1.82) is 0 Å². The zero-order chi connectivity index (χ0) is 36.5. The van der Waals surface area contributed by atoms with E-state index in [2.05, 4.69) is 143 Å². The van der Waals surface area contributed by atoms with E-state index >= 15 is 0 Å². The van der Waals surface area contributed by atoms with Crippen LogP contribution in [0, 0.1) is 66.6 Å². The van der Waals surface area contributed by atoms with E-state index in [1.807, 2.05) is 0 Å². The van der Waals surface area contributed by atoms with E-state index in [0.717, 1.165) is 31.1 Å². The number of hydrogen-bond acceptors (Lipinski definition) is 0. The molecule has 307 valence electrons. The number of hydrogen-bond donors (Lipinski definition) is 0. The Bertz CT molecular complexity index is 567. The SMILES string of the molecule is C=C(C)C[C-](C)CCC.C=C(C)C[C-](C)C[CH-]C.C[CH-]C[C-](C)CC(C)C[C-](C)CCC.C[CH-]C[C-](C)CC(C)C[C-](C)CCC.[Y].[Y].[Y].[Y].[Y].[Y].[Y].[Y].[Y]. The molecule has 0 rings (SSSR count). The second-order valence-electron chi connectivity index (χ2n) is 15.1. The normalized spacial score (nSPS) is 10.4. The maximum atomic E-state index is 3.86. The summed E-state index contributed by atoms with van der Waals surface area (Å²) in [7, 11) is 0. The van der Waals surface area contributed by atoms with Crippen molar-refractivity contribution < 1.29 is 294 Å². The van der Waals surface area contributed by atoms with Crippen LogP contribution in [0.3, 0.4) is 0 Å². The maximum Gasteiger partial charge on any atom is 0 e. The minimum Gasteiger partial charge on any atom is -0.360 e. The molecule has 0 aliphatic heterocycles. The summed E-state index contributed by atoms with van der Waals surface area (Å²) < 4.78 is 0. The molecule has 0 aliphatic rings. The predicted octanol–water partition coefficient (Wildman–Crippen LogP) is 16.5. The quantitative estimate of drug-likeness (QED) is 0.0667. The third-order valence-electron chi connectivity index (χ3n) is 7.68. The molecule has 9 radical (unpaired) electrons. The van der Waals surface area contributed by atoms with Crippen molar-refractivity contribution in [2.45, 2.75) is 207 Å². The first kappa shape index (κ1) is 98.0. The Kier molecular flexibility index (Phi) is 134. The Morgan fingerprint density at radius 3 is 0.873 bits per heavy atom. The Hall–Kier alpha value is 9.42. The Labute approximate surface area is 579 Å². The maximum absolute atomic E-state index is 3.86. The van der Waals surface area contributed by atoms with Crippen LogP contribution < -0.4 is 0 Å². The monoisotopic (exact) mass is 1440 g/mol. The van der Waals surface area contributed by atoms with Gasteiger partial charge >= 0.3 is 0 Å². The van der Waals surface area contributed by atoms with Gasteiger partial charge < -0.3 is 74.0 Å². The van der Waals surface area contributed by atoms with Gasteiger partial charge in [-0.2, -0.15) is 120 Å². The largest absolute Gasteiger partial charge is 0.360 e. The summed E-state index contributed by atoms with van der Waals surface area (Å²) >= 11 is 0. The molecule has 0 aliphatic carbocycles. The summed E-state index contributed by atoms with van der Waals surface area (Å²) in [6.07, 6.45) is 25.4. The van der Waals surface area contributed by atoms with Crippen LogP contribution in [0.4, 0.5) is 0 Å². The van der Waals surface area contributed by atoms with E-state index in [1.165, 1.54) is 94.1 Å². The van der Waals surface area contributed by atoms with Gasteiger partial charge in [0.05, 0.1) is 0 Å². The molecule has 2 unspecified atom stereocenters. The Morgan fingerprint density at radius 1 is 0.418 bits per heavy atom. The first-order valence-electron chi connectivity index (χ1n) is 19.0. The molecular weight excluding hydrogens is 1350 g/mol. The van der Waals surface area contributed by atoms with E-state index < -0.39 is 0 Å². The Morgan fingerprint density at radius 2 is 0.636 bits per heavy atom. The van der Waals surface area contributed by atoms with Crippen LogP contribution in [-0.2, 0) is 294 Å². The van der Waals surface area contributed by atoms with Gasteiger partial charge in [0, 0.05) is 294 Å². The first-order valence-corrected chi connectivity index (χ1v) is 19.0. The van der Waals surface area contributed by atoms with Crippen molar-refractivity contribution in [3.05, 3.63) is 79.1 Å². The smallest absolute Gasteiger partial charge is 0 e. The van der Waals surface area contributed by atoms with E-state index in [4.69, 9.17) is 0 Å². The van der Waals surface area contributed by atoms with E-state index in [0.29, 0.717) is 0 Å². The zero-order valence-electron chi connectivity index (χ0n) is 40.1. The second kappa shape index (κ2) is 74.9. The van der Waals surface area contributed by atoms with Gasteiger partial charge in [-0.15, -0.1) is 24.3 Å². The van der Waals surface area contributed by atoms with Gasteiger partial charge in [-0.25, -0.2) is 0 Å². The minimum absolute atomic E-state index is 0. The van der Waals surface area contributed by atoms with Crippen molar-refractivity contribution in [1.82, 2.24) is 0 Å². The van der Waals surface area contributed by atoms with Gasteiger partial charge in [-0.3, -0.25) is 0 Å². The van der Waals surface area contributed by atoms with E-state index in [1.54, 1.807) is 29.6 Å². The van der Waals surface area contributed by atoms with Crippen molar-refractivity contribution >= 4 is 0 Å². The molecule has 0 bridgehead atoms. The van der Waals surface area contributed by atoms with Gasteiger partial charge in [-0.1, -0.05) is 65.7 Å². The molecule has 0 aromatic rings. The molecule has 0 aromatic heterocycles. The molecule has 0 nitrogen and oxygen atoms in total. The zero-order valence-corrected chi connectivity index (χ0v) is 65.6. The molecule has 0 spiro atoms. The summed E-state index contributed by atoms with van der Waals surface area (Å²) in [5.41, 5.74) is 2.54. The summed E-state index contributed by atoms with van der Waals surface area (Å²) in [4.78, 5) is 0. The molecule has 0 amide bonds. The molecule has 0 fully saturated rings. The van der Waals surface area contributed by atoms with Crippen molar-refractivity contribution in [3.8, 4) is 0 Å². The number of allylic oxidation sites excluding steroid dienone is 2. The predicted molar refractivity (Wildman–Crippen MR) is 218 cm³/mol. The third-order valence-corrected chi connectivity index (χ3v) is 7.68. The first-order chi connectivity index (χ1) is 21.5. The summed E-state index contributed by atoms with van der Waals surface area (Å²) in [5, 5.41) is 0. The van der Waals surface area contributed by atoms with Gasteiger partial charge in [-0.05, 0) is 13.8 Å². The van der Waals surface area contributed by atoms with Crippen LogP contribution in [0.2, 0.25) is 0 Å². The summed E-state index contributed by atoms with van der Waals surface area (Å²) in [5.74, 6) is 11.3. The fourth-order valence-corrected chi connectivity index (χ4v) is 6.41. The van der Waals surface area contributed by atoms with Gasteiger partial charge in [0.25, 0.3) is 0 Å². The van der Waals surface area contributed by atoms with Crippen LogP contribution in [-0.4, -0.2) is 0 Å². The van der Waals surface area contributed by atoms with E-state index in [-0.39, 0.29) is 294 Å². The van der Waals surface area contributed by atoms with E-state index in [9.17, 15) is 0 Å². The van der Waals surface area contributed by atoms with Crippen LogP contribution in [0.1, 0.15) is 207 Å². The second-order valence-corrected chi connectivity index (χ2v) is 15.1. The fourth-order valence-electron chi connectivity index (χ4n) is 6.41. The van der Waals surface area contributed by atoms with Crippen LogP contribution in [0.5, 0.6) is 0 Å². The fraction of sp³-hybridized carbons (Fsp3) is 0.717.